The van der Waals surface area contributed by atoms with Gasteiger partial charge in [-0.25, -0.2) is 10.3 Å². The van der Waals surface area contributed by atoms with E-state index in [1.54, 1.807) is 12.1 Å². The van der Waals surface area contributed by atoms with Gasteiger partial charge in [0.25, 0.3) is 10.2 Å². The maximum Gasteiger partial charge on any atom is 0.271 e. The first-order valence-electron chi connectivity index (χ1n) is 3.19. The molecule has 0 saturated carbocycles. The van der Waals surface area contributed by atoms with Crippen LogP contribution in [0.3, 0.4) is 0 Å². The summed E-state index contributed by atoms with van der Waals surface area (Å²) in [6, 6.07) is 6.39. The number of phenolic OH excluding ortho intramolecular Hbond substituents is 1. The highest BCUT2D eigenvalue weighted by atomic mass is 127. The molecule has 0 fully saturated rings. The highest BCUT2D eigenvalue weighted by Gasteiger charge is 1.88. The molecule has 0 aliphatic carbocycles. The van der Waals surface area contributed by atoms with Crippen LogP contribution in [-0.2, 0) is 13.3 Å². The Balaban J connectivity index is 0.000000292. The Morgan fingerprint density at radius 2 is 1.50 bits per heavy atom. The molecule has 1 rings (SSSR count). The standard InChI is InChI=1S/C6H5IO2.H4N2O2S/c8-6-3-1-5(7-9)2-4-6;1-5(2,3)4/h1-4,8H;(H4,1,2,3,4). The second-order valence-corrected chi connectivity index (χ2v) is 5.01. The monoisotopic (exact) mass is 332 g/mol. The van der Waals surface area contributed by atoms with Gasteiger partial charge in [0.15, 0.2) is 21.2 Å². The first-order chi connectivity index (χ1) is 6.33. The minimum Gasteiger partial charge on any atom is -0.508 e. The molecule has 1 aromatic carbocycles. The molecule has 0 amide bonds. The van der Waals surface area contributed by atoms with Gasteiger partial charge in [-0.3, -0.25) is 3.07 Å². The van der Waals surface area contributed by atoms with Crippen LogP contribution in [0.1, 0.15) is 0 Å². The normalized spacial score (nSPS) is 10.1. The smallest absolute Gasteiger partial charge is 0.271 e. The molecule has 0 spiro atoms. The van der Waals surface area contributed by atoms with Gasteiger partial charge in [0.2, 0.25) is 0 Å². The summed E-state index contributed by atoms with van der Waals surface area (Å²) in [4.78, 5) is 0. The molecule has 0 aromatic heterocycles. The van der Waals surface area contributed by atoms with Crippen molar-refractivity contribution in [3.05, 3.63) is 27.8 Å². The van der Waals surface area contributed by atoms with Gasteiger partial charge >= 0.3 is 0 Å². The van der Waals surface area contributed by atoms with Gasteiger partial charge in [-0.2, -0.15) is 8.42 Å². The van der Waals surface area contributed by atoms with E-state index in [0.29, 0.717) is 0 Å². The van der Waals surface area contributed by atoms with Crippen LogP contribution in [0.15, 0.2) is 24.3 Å². The van der Waals surface area contributed by atoms with Crippen LogP contribution < -0.4 is 10.3 Å². The summed E-state index contributed by atoms with van der Waals surface area (Å²) in [5, 5.41) is 17.0. The first kappa shape index (κ1) is 13.4. The van der Waals surface area contributed by atoms with Gasteiger partial charge < -0.3 is 5.11 Å². The fourth-order valence-corrected chi connectivity index (χ4v) is 1.15. The van der Waals surface area contributed by atoms with Crippen molar-refractivity contribution in [2.75, 3.05) is 0 Å². The molecule has 0 atom stereocenters. The third-order valence-electron chi connectivity index (χ3n) is 0.916. The van der Waals surface area contributed by atoms with E-state index in [2.05, 4.69) is 10.3 Å². The van der Waals surface area contributed by atoms with Crippen molar-refractivity contribution in [2.24, 2.45) is 10.3 Å². The summed E-state index contributed by atoms with van der Waals surface area (Å²) in [5.74, 6) is 0.219. The average molecular weight is 332 g/mol. The lowest BCUT2D eigenvalue weighted by molar-refractivity contribution is 0.475. The van der Waals surface area contributed by atoms with E-state index in [0.717, 1.165) is 3.57 Å². The molecule has 0 bridgehead atoms. The molecular weight excluding hydrogens is 323 g/mol. The molecule has 0 heterocycles. The zero-order valence-corrected chi connectivity index (χ0v) is 9.90. The van der Waals surface area contributed by atoms with E-state index in [4.69, 9.17) is 5.11 Å². The third kappa shape index (κ3) is 9.51. The van der Waals surface area contributed by atoms with Crippen molar-refractivity contribution >= 4 is 31.4 Å². The summed E-state index contributed by atoms with van der Waals surface area (Å²) in [6.07, 6.45) is 0. The SMILES string of the molecule is NS(N)(=O)=O.O=Ic1ccc(O)cc1. The number of hydrogen-bond acceptors (Lipinski definition) is 4. The van der Waals surface area contributed by atoms with E-state index < -0.39 is 31.4 Å². The molecular formula is C6H9IN2O4S. The van der Waals surface area contributed by atoms with Crippen LogP contribution in [0, 0.1) is 3.57 Å². The molecule has 5 N–H and O–H groups in total. The van der Waals surface area contributed by atoms with Crippen molar-refractivity contribution in [3.8, 4) is 5.75 Å². The highest BCUT2D eigenvalue weighted by molar-refractivity contribution is 14.1. The summed E-state index contributed by atoms with van der Waals surface area (Å²) in [7, 11) is -3.67. The number of rotatable bonds is 1. The maximum absolute atomic E-state index is 10.3. The number of aromatic hydroxyl groups is 1. The minimum atomic E-state index is -3.67. The van der Waals surface area contributed by atoms with Crippen LogP contribution in [0.25, 0.3) is 0 Å². The summed E-state index contributed by atoms with van der Waals surface area (Å²) in [6.45, 7) is 0. The van der Waals surface area contributed by atoms with E-state index >= 15 is 0 Å². The zero-order valence-electron chi connectivity index (χ0n) is 6.92. The van der Waals surface area contributed by atoms with Crippen LogP contribution in [0.4, 0.5) is 0 Å². The van der Waals surface area contributed by atoms with Crippen molar-refractivity contribution in [1.29, 1.82) is 0 Å². The molecule has 6 nitrogen and oxygen atoms in total. The van der Waals surface area contributed by atoms with Gasteiger partial charge in [0.1, 0.15) is 5.75 Å². The Bertz CT molecular complexity index is 381. The van der Waals surface area contributed by atoms with Gasteiger partial charge in [-0.05, 0) is 24.3 Å². The summed E-state index contributed by atoms with van der Waals surface area (Å²) < 4.78 is 29.5. The molecule has 1 aromatic rings. The number of hydrogen-bond donors (Lipinski definition) is 3. The lowest BCUT2D eigenvalue weighted by Gasteiger charge is -1.87. The molecule has 0 radical (unpaired) electrons. The predicted octanol–water partition coefficient (Wildman–Crippen LogP) is 0.0266. The Labute approximate surface area is 91.7 Å². The maximum atomic E-state index is 10.3. The predicted molar refractivity (Wildman–Crippen MR) is 58.8 cm³/mol. The largest absolute Gasteiger partial charge is 0.508 e. The molecule has 0 unspecified atom stereocenters. The molecule has 80 valence electrons. The number of halogens is 1. The van der Waals surface area contributed by atoms with Gasteiger partial charge in [-0.1, -0.05) is 0 Å². The van der Waals surface area contributed by atoms with Crippen molar-refractivity contribution < 1.29 is 16.6 Å². The van der Waals surface area contributed by atoms with Gasteiger partial charge in [0, 0.05) is 3.57 Å². The zero-order chi connectivity index (χ0) is 11.2. The Hall–Kier alpha value is -0.580. The van der Waals surface area contributed by atoms with Crippen LogP contribution in [0.5, 0.6) is 5.75 Å². The molecule has 0 aliphatic heterocycles. The summed E-state index contributed by atoms with van der Waals surface area (Å²) >= 11 is -1.06. The van der Waals surface area contributed by atoms with Crippen LogP contribution in [-0.4, -0.2) is 13.5 Å². The molecule has 0 saturated heterocycles. The lowest BCUT2D eigenvalue weighted by atomic mass is 10.3. The first-order valence-corrected chi connectivity index (χ1v) is 6.76. The number of phenols is 1. The topological polar surface area (TPSA) is 123 Å². The highest BCUT2D eigenvalue weighted by Crippen LogP contribution is 2.13. The van der Waals surface area contributed by atoms with Gasteiger partial charge in [0.05, 0.1) is 0 Å². The van der Waals surface area contributed by atoms with E-state index in [1.165, 1.54) is 12.1 Å². The number of nitrogens with two attached hydrogens (primary N) is 2. The van der Waals surface area contributed by atoms with Gasteiger partial charge in [-0.15, -0.1) is 0 Å². The lowest BCUT2D eigenvalue weighted by Crippen LogP contribution is -2.21. The minimum absolute atomic E-state index is 0.219. The average Bonchev–Trinajstić information content (AvgIpc) is 2.03. The Morgan fingerprint density at radius 1 is 1.14 bits per heavy atom. The molecule has 0 aliphatic rings. The summed E-state index contributed by atoms with van der Waals surface area (Å²) in [5.41, 5.74) is 0. The fourth-order valence-electron chi connectivity index (χ4n) is 0.493. The Kier molecular flexibility index (Phi) is 5.76. The fraction of sp³-hybridized carbons (Fsp3) is 0. The second kappa shape index (κ2) is 6.01. The van der Waals surface area contributed by atoms with E-state index in [9.17, 15) is 11.5 Å². The van der Waals surface area contributed by atoms with Crippen molar-refractivity contribution in [3.63, 3.8) is 0 Å². The quantitative estimate of drug-likeness (QED) is 0.628. The second-order valence-electron chi connectivity index (χ2n) is 2.14. The third-order valence-corrected chi connectivity index (χ3v) is 2.14. The van der Waals surface area contributed by atoms with Crippen molar-refractivity contribution in [1.82, 2.24) is 0 Å². The van der Waals surface area contributed by atoms with E-state index in [-0.39, 0.29) is 5.75 Å². The Morgan fingerprint density at radius 3 is 1.79 bits per heavy atom. The molecule has 8 heteroatoms. The number of benzene rings is 1. The van der Waals surface area contributed by atoms with Crippen LogP contribution in [0.2, 0.25) is 0 Å². The van der Waals surface area contributed by atoms with Crippen LogP contribution >= 0.6 is 21.2 Å². The van der Waals surface area contributed by atoms with E-state index in [1.807, 2.05) is 0 Å². The van der Waals surface area contributed by atoms with Crippen molar-refractivity contribution in [2.45, 2.75) is 0 Å². The molecule has 14 heavy (non-hydrogen) atoms.